The molecule has 1 aliphatic heterocycles. The molecule has 1 unspecified atom stereocenters. The second kappa shape index (κ2) is 3.86. The van der Waals surface area contributed by atoms with E-state index in [0.717, 1.165) is 12.6 Å². The van der Waals surface area contributed by atoms with E-state index in [9.17, 15) is 0 Å². The highest BCUT2D eigenvalue weighted by molar-refractivity contribution is 5.57. The van der Waals surface area contributed by atoms with E-state index >= 15 is 0 Å². The Balaban J connectivity index is 1.58. The van der Waals surface area contributed by atoms with Crippen LogP contribution in [0, 0.1) is 0 Å². The second-order valence-electron chi connectivity index (χ2n) is 4.68. The molecule has 15 heavy (non-hydrogen) atoms. The molecule has 1 aliphatic carbocycles. The number of benzene rings is 1. The molecule has 1 heterocycles. The first-order valence-electron chi connectivity index (χ1n) is 5.99. The summed E-state index contributed by atoms with van der Waals surface area (Å²) in [6.45, 7) is 2.29. The third-order valence-corrected chi connectivity index (χ3v) is 3.44. The van der Waals surface area contributed by atoms with Gasteiger partial charge in [-0.1, -0.05) is 18.2 Å². The van der Waals surface area contributed by atoms with E-state index in [1.165, 1.54) is 37.1 Å². The van der Waals surface area contributed by atoms with E-state index in [0.29, 0.717) is 5.92 Å². The number of nitrogens with one attached hydrogen (secondary N) is 2. The first-order chi connectivity index (χ1) is 7.43. The topological polar surface area (TPSA) is 24.1 Å². The van der Waals surface area contributed by atoms with Crippen molar-refractivity contribution >= 4 is 5.69 Å². The number of hydrogen-bond donors (Lipinski definition) is 2. The van der Waals surface area contributed by atoms with Gasteiger partial charge in [-0.3, -0.25) is 0 Å². The molecule has 1 fully saturated rings. The van der Waals surface area contributed by atoms with Crippen LogP contribution in [0.3, 0.4) is 0 Å². The van der Waals surface area contributed by atoms with E-state index in [1.807, 2.05) is 0 Å². The van der Waals surface area contributed by atoms with Gasteiger partial charge in [-0.25, -0.2) is 0 Å². The number of fused-ring (bicyclic) bond motifs is 1. The predicted molar refractivity (Wildman–Crippen MR) is 63.3 cm³/mol. The Bertz CT molecular complexity index is 344. The zero-order valence-electron chi connectivity index (χ0n) is 9.00. The van der Waals surface area contributed by atoms with Crippen LogP contribution in [0.4, 0.5) is 5.69 Å². The van der Waals surface area contributed by atoms with E-state index in [2.05, 4.69) is 34.9 Å². The van der Waals surface area contributed by atoms with E-state index in [1.54, 1.807) is 0 Å². The molecule has 1 aromatic rings. The van der Waals surface area contributed by atoms with Crippen molar-refractivity contribution < 1.29 is 0 Å². The van der Waals surface area contributed by atoms with Crippen LogP contribution in [0.25, 0.3) is 0 Å². The highest BCUT2D eigenvalue weighted by Gasteiger charge is 2.23. The van der Waals surface area contributed by atoms with Gasteiger partial charge in [0.05, 0.1) is 0 Å². The third kappa shape index (κ3) is 2.00. The number of rotatable bonds is 4. The Labute approximate surface area is 91.1 Å². The van der Waals surface area contributed by atoms with Crippen molar-refractivity contribution in [1.29, 1.82) is 0 Å². The van der Waals surface area contributed by atoms with E-state index in [4.69, 9.17) is 0 Å². The van der Waals surface area contributed by atoms with Crippen LogP contribution in [-0.4, -0.2) is 19.1 Å². The highest BCUT2D eigenvalue weighted by Crippen LogP contribution is 2.33. The van der Waals surface area contributed by atoms with Gasteiger partial charge in [0.2, 0.25) is 0 Å². The second-order valence-corrected chi connectivity index (χ2v) is 4.68. The lowest BCUT2D eigenvalue weighted by molar-refractivity contribution is 0.590. The van der Waals surface area contributed by atoms with Crippen LogP contribution in [0.2, 0.25) is 0 Å². The standard InChI is InChI=1S/C13H18N2/c1-2-4-13-12(3-1)10(9-15-13)7-8-14-11-5-6-11/h1-4,10-11,14-15H,5-9H2. The van der Waals surface area contributed by atoms with Gasteiger partial charge >= 0.3 is 0 Å². The lowest BCUT2D eigenvalue weighted by Gasteiger charge is -2.10. The molecule has 2 nitrogen and oxygen atoms in total. The summed E-state index contributed by atoms with van der Waals surface area (Å²) < 4.78 is 0. The first kappa shape index (κ1) is 9.22. The molecule has 2 heteroatoms. The summed E-state index contributed by atoms with van der Waals surface area (Å²) in [5, 5.41) is 7.06. The van der Waals surface area contributed by atoms with Crippen LogP contribution in [0.5, 0.6) is 0 Å². The van der Waals surface area contributed by atoms with Crippen molar-refractivity contribution in [1.82, 2.24) is 5.32 Å². The first-order valence-corrected chi connectivity index (χ1v) is 5.99. The van der Waals surface area contributed by atoms with Crippen molar-refractivity contribution in [2.24, 2.45) is 0 Å². The molecule has 2 N–H and O–H groups in total. The fraction of sp³-hybridized carbons (Fsp3) is 0.538. The molecule has 0 spiro atoms. The molecule has 2 aliphatic rings. The summed E-state index contributed by atoms with van der Waals surface area (Å²) in [5.41, 5.74) is 2.85. The van der Waals surface area contributed by atoms with Crippen LogP contribution >= 0.6 is 0 Å². The molecular formula is C13H18N2. The molecule has 1 saturated carbocycles. The van der Waals surface area contributed by atoms with Gasteiger partial charge in [-0.15, -0.1) is 0 Å². The molecule has 0 saturated heterocycles. The zero-order valence-corrected chi connectivity index (χ0v) is 9.00. The monoisotopic (exact) mass is 202 g/mol. The van der Waals surface area contributed by atoms with E-state index < -0.39 is 0 Å². The maximum Gasteiger partial charge on any atom is 0.0376 e. The quantitative estimate of drug-likeness (QED) is 0.783. The lowest BCUT2D eigenvalue weighted by Crippen LogP contribution is -2.20. The van der Waals surface area contributed by atoms with Crippen LogP contribution in [0.1, 0.15) is 30.7 Å². The number of para-hydroxylation sites is 1. The highest BCUT2D eigenvalue weighted by atomic mass is 15.0. The Morgan fingerprint density at radius 1 is 1.27 bits per heavy atom. The summed E-state index contributed by atoms with van der Waals surface area (Å²) in [7, 11) is 0. The minimum Gasteiger partial charge on any atom is -0.384 e. The summed E-state index contributed by atoms with van der Waals surface area (Å²) in [6.07, 6.45) is 4.04. The van der Waals surface area contributed by atoms with Crippen molar-refractivity contribution in [3.05, 3.63) is 29.8 Å². The molecule has 1 atom stereocenters. The summed E-state index contributed by atoms with van der Waals surface area (Å²) in [4.78, 5) is 0. The molecule has 0 radical (unpaired) electrons. The largest absolute Gasteiger partial charge is 0.384 e. The van der Waals surface area contributed by atoms with Gasteiger partial charge in [0, 0.05) is 24.2 Å². The smallest absolute Gasteiger partial charge is 0.0376 e. The average molecular weight is 202 g/mol. The van der Waals surface area contributed by atoms with Crippen molar-refractivity contribution in [2.45, 2.75) is 31.2 Å². The SMILES string of the molecule is c1ccc2c(c1)NCC2CCNC1CC1. The predicted octanol–water partition coefficient (Wildman–Crippen LogP) is 2.34. The molecule has 0 bridgehead atoms. The summed E-state index contributed by atoms with van der Waals surface area (Å²) in [6, 6.07) is 9.54. The maximum absolute atomic E-state index is 3.59. The van der Waals surface area contributed by atoms with Crippen LogP contribution in [-0.2, 0) is 0 Å². The minimum atomic E-state index is 0.715. The summed E-state index contributed by atoms with van der Waals surface area (Å²) in [5.74, 6) is 0.715. The van der Waals surface area contributed by atoms with Gasteiger partial charge in [-0.05, 0) is 37.4 Å². The average Bonchev–Trinajstić information content (AvgIpc) is 3.00. The van der Waals surface area contributed by atoms with Crippen molar-refractivity contribution in [2.75, 3.05) is 18.4 Å². The van der Waals surface area contributed by atoms with Gasteiger partial charge in [-0.2, -0.15) is 0 Å². The van der Waals surface area contributed by atoms with Gasteiger partial charge < -0.3 is 10.6 Å². The Morgan fingerprint density at radius 2 is 2.13 bits per heavy atom. The van der Waals surface area contributed by atoms with Crippen molar-refractivity contribution in [3.8, 4) is 0 Å². The van der Waals surface area contributed by atoms with Crippen LogP contribution < -0.4 is 10.6 Å². The normalized spacial score (nSPS) is 23.6. The fourth-order valence-electron chi connectivity index (χ4n) is 2.36. The lowest BCUT2D eigenvalue weighted by atomic mass is 9.98. The summed E-state index contributed by atoms with van der Waals surface area (Å²) >= 11 is 0. The molecule has 0 aromatic heterocycles. The minimum absolute atomic E-state index is 0.715. The Kier molecular flexibility index (Phi) is 2.37. The molecule has 0 amide bonds. The number of hydrogen-bond acceptors (Lipinski definition) is 2. The van der Waals surface area contributed by atoms with Gasteiger partial charge in [0.1, 0.15) is 0 Å². The van der Waals surface area contributed by atoms with E-state index in [-0.39, 0.29) is 0 Å². The molecule has 80 valence electrons. The van der Waals surface area contributed by atoms with Gasteiger partial charge in [0.25, 0.3) is 0 Å². The molecule has 1 aromatic carbocycles. The molecular weight excluding hydrogens is 184 g/mol. The molecule has 3 rings (SSSR count). The zero-order chi connectivity index (χ0) is 10.1. The van der Waals surface area contributed by atoms with Gasteiger partial charge in [0.15, 0.2) is 0 Å². The maximum atomic E-state index is 3.59. The fourth-order valence-corrected chi connectivity index (χ4v) is 2.36. The Morgan fingerprint density at radius 3 is 3.00 bits per heavy atom. The van der Waals surface area contributed by atoms with Crippen molar-refractivity contribution in [3.63, 3.8) is 0 Å². The third-order valence-electron chi connectivity index (χ3n) is 3.44. The Hall–Kier alpha value is -1.02. The van der Waals surface area contributed by atoms with Crippen LogP contribution in [0.15, 0.2) is 24.3 Å². The number of anilines is 1.